The Morgan fingerprint density at radius 1 is 1.38 bits per heavy atom. The Morgan fingerprint density at radius 2 is 2.12 bits per heavy atom. The van der Waals surface area contributed by atoms with Crippen LogP contribution in [-0.4, -0.2) is 9.55 Å². The Hall–Kier alpha value is -1.51. The summed E-state index contributed by atoms with van der Waals surface area (Å²) < 4.78 is 2.29. The molecular weight excluding hydrogens is 198 g/mol. The zero-order valence-corrected chi connectivity index (χ0v) is 10.2. The predicted molar refractivity (Wildman–Crippen MR) is 68.4 cm³/mol. The summed E-state index contributed by atoms with van der Waals surface area (Å²) in [6.45, 7) is 7.58. The van der Waals surface area contributed by atoms with Gasteiger partial charge in [-0.05, 0) is 18.1 Å². The number of benzene rings is 1. The van der Waals surface area contributed by atoms with Crippen LogP contribution in [0.25, 0.3) is 11.0 Å². The molecule has 0 spiro atoms. The Morgan fingerprint density at radius 3 is 2.75 bits per heavy atom. The maximum Gasteiger partial charge on any atom is 0.112 e. The highest BCUT2D eigenvalue weighted by atomic mass is 15.1. The zero-order chi connectivity index (χ0) is 11.7. The summed E-state index contributed by atoms with van der Waals surface area (Å²) in [6, 6.07) is 6.00. The lowest BCUT2D eigenvalue weighted by molar-refractivity contribution is 0.518. The molecular formula is C13H19N3. The van der Waals surface area contributed by atoms with Gasteiger partial charge in [0.2, 0.25) is 0 Å². The smallest absolute Gasteiger partial charge is 0.112 e. The molecule has 86 valence electrons. The summed E-state index contributed by atoms with van der Waals surface area (Å²) in [7, 11) is 0. The van der Waals surface area contributed by atoms with Gasteiger partial charge in [-0.15, -0.1) is 0 Å². The fourth-order valence-electron chi connectivity index (χ4n) is 2.06. The van der Waals surface area contributed by atoms with E-state index in [0.717, 1.165) is 35.5 Å². The molecule has 1 heterocycles. The van der Waals surface area contributed by atoms with Gasteiger partial charge < -0.3 is 10.3 Å². The zero-order valence-electron chi connectivity index (χ0n) is 10.2. The Kier molecular flexibility index (Phi) is 2.86. The second-order valence-electron chi connectivity index (χ2n) is 4.60. The van der Waals surface area contributed by atoms with Gasteiger partial charge in [-0.3, -0.25) is 0 Å². The molecule has 0 aliphatic heterocycles. The summed E-state index contributed by atoms with van der Waals surface area (Å²) in [6.07, 6.45) is 0.945. The van der Waals surface area contributed by atoms with Crippen LogP contribution in [0.1, 0.15) is 26.6 Å². The number of nitrogens with zero attached hydrogens (tertiary/aromatic N) is 2. The van der Waals surface area contributed by atoms with Crippen molar-refractivity contribution in [2.24, 2.45) is 5.92 Å². The van der Waals surface area contributed by atoms with Crippen molar-refractivity contribution in [3.05, 3.63) is 24.0 Å². The molecule has 0 aliphatic rings. The maximum atomic E-state index is 5.95. The number of aromatic nitrogens is 2. The number of rotatable bonds is 3. The van der Waals surface area contributed by atoms with Gasteiger partial charge in [-0.2, -0.15) is 0 Å². The Balaban J connectivity index is 2.64. The van der Waals surface area contributed by atoms with Crippen LogP contribution in [0.5, 0.6) is 0 Å². The first-order chi connectivity index (χ1) is 7.63. The topological polar surface area (TPSA) is 43.8 Å². The van der Waals surface area contributed by atoms with E-state index in [-0.39, 0.29) is 0 Å². The van der Waals surface area contributed by atoms with Crippen LogP contribution in [0.2, 0.25) is 0 Å². The molecule has 0 bridgehead atoms. The third-order valence-corrected chi connectivity index (χ3v) is 2.75. The van der Waals surface area contributed by atoms with Gasteiger partial charge in [0, 0.05) is 13.0 Å². The van der Waals surface area contributed by atoms with Gasteiger partial charge in [0.15, 0.2) is 0 Å². The number of hydrogen-bond acceptors (Lipinski definition) is 2. The van der Waals surface area contributed by atoms with Gasteiger partial charge in [0.05, 0.1) is 11.2 Å². The molecule has 0 atom stereocenters. The highest BCUT2D eigenvalue weighted by Gasteiger charge is 2.11. The molecule has 1 aromatic carbocycles. The van der Waals surface area contributed by atoms with Gasteiger partial charge in [0.25, 0.3) is 0 Å². The number of fused-ring (bicyclic) bond motifs is 1. The van der Waals surface area contributed by atoms with Crippen molar-refractivity contribution in [2.75, 3.05) is 5.73 Å². The quantitative estimate of drug-likeness (QED) is 0.803. The molecule has 0 fully saturated rings. The summed E-state index contributed by atoms with van der Waals surface area (Å²) >= 11 is 0. The van der Waals surface area contributed by atoms with E-state index in [1.807, 2.05) is 12.1 Å². The molecule has 0 aliphatic carbocycles. The summed E-state index contributed by atoms with van der Waals surface area (Å²) in [5.41, 5.74) is 8.82. The van der Waals surface area contributed by atoms with E-state index in [0.29, 0.717) is 5.92 Å². The first kappa shape index (κ1) is 11.0. The second-order valence-corrected chi connectivity index (χ2v) is 4.60. The number of imidazole rings is 1. The van der Waals surface area contributed by atoms with E-state index < -0.39 is 0 Å². The minimum Gasteiger partial charge on any atom is -0.397 e. The molecule has 0 radical (unpaired) electrons. The third kappa shape index (κ3) is 1.77. The van der Waals surface area contributed by atoms with Gasteiger partial charge >= 0.3 is 0 Å². The van der Waals surface area contributed by atoms with Crippen LogP contribution in [-0.2, 0) is 13.0 Å². The maximum absolute atomic E-state index is 5.95. The van der Waals surface area contributed by atoms with Gasteiger partial charge in [-0.1, -0.05) is 26.8 Å². The van der Waals surface area contributed by atoms with Crippen LogP contribution in [0.3, 0.4) is 0 Å². The van der Waals surface area contributed by atoms with Crippen LogP contribution in [0.15, 0.2) is 18.2 Å². The van der Waals surface area contributed by atoms with E-state index in [1.165, 1.54) is 0 Å². The van der Waals surface area contributed by atoms with Crippen LogP contribution in [0, 0.1) is 5.92 Å². The standard InChI is InChI=1S/C13H19N3/c1-4-12-15-13-10(14)6-5-7-11(13)16(12)8-9(2)3/h5-7,9H,4,8,14H2,1-3H3. The average Bonchev–Trinajstić information content (AvgIpc) is 2.58. The first-order valence-electron chi connectivity index (χ1n) is 5.87. The molecule has 2 N–H and O–H groups in total. The van der Waals surface area contributed by atoms with Crippen molar-refractivity contribution in [1.29, 1.82) is 0 Å². The molecule has 0 unspecified atom stereocenters. The van der Waals surface area contributed by atoms with Crippen molar-refractivity contribution >= 4 is 16.7 Å². The van der Waals surface area contributed by atoms with Crippen LogP contribution >= 0.6 is 0 Å². The molecule has 3 heteroatoms. The monoisotopic (exact) mass is 217 g/mol. The summed E-state index contributed by atoms with van der Waals surface area (Å²) in [5.74, 6) is 1.74. The van der Waals surface area contributed by atoms with Crippen LogP contribution < -0.4 is 5.73 Å². The number of nitrogens with two attached hydrogens (primary N) is 1. The number of anilines is 1. The Bertz CT molecular complexity index is 497. The fraction of sp³-hybridized carbons (Fsp3) is 0.462. The SMILES string of the molecule is CCc1nc2c(N)cccc2n1CC(C)C. The number of aryl methyl sites for hydroxylation is 1. The normalized spacial score (nSPS) is 11.5. The van der Waals surface area contributed by atoms with Crippen molar-refractivity contribution in [1.82, 2.24) is 9.55 Å². The molecule has 0 amide bonds. The average molecular weight is 217 g/mol. The lowest BCUT2D eigenvalue weighted by Gasteiger charge is -2.10. The lowest BCUT2D eigenvalue weighted by atomic mass is 10.2. The fourth-order valence-corrected chi connectivity index (χ4v) is 2.06. The molecule has 16 heavy (non-hydrogen) atoms. The first-order valence-corrected chi connectivity index (χ1v) is 5.87. The summed E-state index contributed by atoms with van der Waals surface area (Å²) in [5, 5.41) is 0. The summed E-state index contributed by atoms with van der Waals surface area (Å²) in [4.78, 5) is 4.62. The molecule has 1 aromatic heterocycles. The minimum absolute atomic E-state index is 0.615. The number of nitrogen functional groups attached to an aromatic ring is 1. The predicted octanol–water partition coefficient (Wildman–Crippen LogP) is 2.84. The van der Waals surface area contributed by atoms with E-state index in [4.69, 9.17) is 5.73 Å². The third-order valence-electron chi connectivity index (χ3n) is 2.75. The van der Waals surface area contributed by atoms with Crippen molar-refractivity contribution in [3.63, 3.8) is 0 Å². The molecule has 2 aromatic rings. The minimum atomic E-state index is 0.615. The van der Waals surface area contributed by atoms with Crippen LogP contribution in [0.4, 0.5) is 5.69 Å². The van der Waals surface area contributed by atoms with Gasteiger partial charge in [0.1, 0.15) is 11.3 Å². The van der Waals surface area contributed by atoms with Crippen molar-refractivity contribution in [3.8, 4) is 0 Å². The van der Waals surface area contributed by atoms with E-state index in [2.05, 4.69) is 36.4 Å². The van der Waals surface area contributed by atoms with Crippen molar-refractivity contribution < 1.29 is 0 Å². The Labute approximate surface area is 96.3 Å². The van der Waals surface area contributed by atoms with E-state index >= 15 is 0 Å². The van der Waals surface area contributed by atoms with Gasteiger partial charge in [-0.25, -0.2) is 4.98 Å². The molecule has 0 saturated carbocycles. The highest BCUT2D eigenvalue weighted by Crippen LogP contribution is 2.23. The van der Waals surface area contributed by atoms with Crippen molar-refractivity contribution in [2.45, 2.75) is 33.7 Å². The lowest BCUT2D eigenvalue weighted by Crippen LogP contribution is -2.07. The molecule has 2 rings (SSSR count). The van der Waals surface area contributed by atoms with E-state index in [1.54, 1.807) is 0 Å². The van der Waals surface area contributed by atoms with E-state index in [9.17, 15) is 0 Å². The number of hydrogen-bond donors (Lipinski definition) is 1. The molecule has 3 nitrogen and oxygen atoms in total. The molecule has 0 saturated heterocycles. The second kappa shape index (κ2) is 4.16. The largest absolute Gasteiger partial charge is 0.397 e. The highest BCUT2D eigenvalue weighted by molar-refractivity contribution is 5.87. The number of para-hydroxylation sites is 1.